The van der Waals surface area contributed by atoms with Crippen LogP contribution in [0.5, 0.6) is 17.2 Å². The van der Waals surface area contributed by atoms with Crippen LogP contribution in [0.15, 0.2) is 39.9 Å². The largest absolute Gasteiger partial charge is 0.493 e. The molecule has 2 N–H and O–H groups in total. The van der Waals surface area contributed by atoms with Crippen LogP contribution in [0.1, 0.15) is 37.1 Å². The van der Waals surface area contributed by atoms with Crippen LogP contribution in [0, 0.1) is 0 Å². The van der Waals surface area contributed by atoms with Gasteiger partial charge in [0.25, 0.3) is 0 Å². The minimum absolute atomic E-state index is 0. The lowest BCUT2D eigenvalue weighted by molar-refractivity contribution is 0.215. The van der Waals surface area contributed by atoms with Crippen molar-refractivity contribution in [1.29, 1.82) is 0 Å². The number of methoxy groups -OCH3 is 2. The summed E-state index contributed by atoms with van der Waals surface area (Å²) in [5, 5.41) is 6.81. The normalized spacial score (nSPS) is 15.1. The van der Waals surface area contributed by atoms with Gasteiger partial charge < -0.3 is 29.3 Å². The number of hydrogen-bond acceptors (Lipinski definition) is 6. The molecular weight excluding hydrogens is 523 g/mol. The molecule has 9 heteroatoms. The van der Waals surface area contributed by atoms with Crippen LogP contribution in [-0.2, 0) is 6.54 Å². The molecule has 1 aliphatic rings. The zero-order valence-corrected chi connectivity index (χ0v) is 21.7. The van der Waals surface area contributed by atoms with Gasteiger partial charge in [-0.25, -0.2) is 0 Å². The van der Waals surface area contributed by atoms with E-state index in [9.17, 15) is 0 Å². The molecule has 0 bridgehead atoms. The number of guanidine groups is 1. The highest BCUT2D eigenvalue weighted by atomic mass is 127. The van der Waals surface area contributed by atoms with Crippen LogP contribution in [0.3, 0.4) is 0 Å². The highest BCUT2D eigenvalue weighted by Gasteiger charge is 2.25. The highest BCUT2D eigenvalue weighted by Crippen LogP contribution is 2.38. The fourth-order valence-electron chi connectivity index (χ4n) is 3.87. The molecule has 3 rings (SSSR count). The van der Waals surface area contributed by atoms with Gasteiger partial charge in [-0.2, -0.15) is 0 Å². The number of nitrogens with zero attached hydrogens (tertiary/aromatic N) is 2. The van der Waals surface area contributed by atoms with E-state index in [0.717, 1.165) is 30.4 Å². The van der Waals surface area contributed by atoms with E-state index in [-0.39, 0.29) is 30.0 Å². The molecule has 8 nitrogen and oxygen atoms in total. The average molecular weight is 558 g/mol. The number of furan rings is 1. The quantitative estimate of drug-likeness (QED) is 0.261. The maximum atomic E-state index is 5.70. The van der Waals surface area contributed by atoms with Crippen molar-refractivity contribution in [1.82, 2.24) is 15.5 Å². The Bertz CT molecular complexity index is 814. The van der Waals surface area contributed by atoms with Gasteiger partial charge in [0.05, 0.1) is 33.1 Å². The topological polar surface area (TPSA) is 80.5 Å². The number of ether oxygens (including phenoxy) is 3. The van der Waals surface area contributed by atoms with Gasteiger partial charge in [0.15, 0.2) is 17.5 Å². The lowest BCUT2D eigenvalue weighted by Crippen LogP contribution is -2.42. The first-order valence-corrected chi connectivity index (χ1v) is 10.8. The van der Waals surface area contributed by atoms with Gasteiger partial charge in [0.2, 0.25) is 5.75 Å². The van der Waals surface area contributed by atoms with E-state index < -0.39 is 0 Å². The SMILES string of the molecule is CCOc1c(OC)cc(CNC(=NC)NCC(c2ccco2)N2CCCC2)cc1OC.I. The Balaban J connectivity index is 0.00000363. The van der Waals surface area contributed by atoms with Crippen LogP contribution in [0.2, 0.25) is 0 Å². The highest BCUT2D eigenvalue weighted by molar-refractivity contribution is 14.0. The van der Waals surface area contributed by atoms with E-state index in [4.69, 9.17) is 18.6 Å². The monoisotopic (exact) mass is 558 g/mol. The number of benzene rings is 1. The van der Waals surface area contributed by atoms with Crippen LogP contribution in [-0.4, -0.2) is 58.4 Å². The molecule has 2 aromatic rings. The summed E-state index contributed by atoms with van der Waals surface area (Å²) in [5.74, 6) is 3.61. The molecule has 0 saturated carbocycles. The third kappa shape index (κ3) is 6.68. The number of rotatable bonds is 10. The van der Waals surface area contributed by atoms with Crippen molar-refractivity contribution >= 4 is 29.9 Å². The van der Waals surface area contributed by atoms with E-state index in [0.29, 0.717) is 36.9 Å². The summed E-state index contributed by atoms with van der Waals surface area (Å²) in [5.41, 5.74) is 1.00. The Morgan fingerprint density at radius 1 is 1.16 bits per heavy atom. The third-order valence-corrected chi connectivity index (χ3v) is 5.41. The second-order valence-electron chi connectivity index (χ2n) is 7.34. The zero-order chi connectivity index (χ0) is 22.1. The molecule has 0 radical (unpaired) electrons. The predicted octanol–water partition coefficient (Wildman–Crippen LogP) is 3.82. The summed E-state index contributed by atoms with van der Waals surface area (Å²) < 4.78 is 22.4. The number of aliphatic imine (C=N–C) groups is 1. The van der Waals surface area contributed by atoms with Gasteiger partial charge in [-0.3, -0.25) is 9.89 Å². The standard InChI is InChI=1S/C23H34N4O4.HI/c1-5-30-22-20(28-3)13-17(14-21(22)29-4)15-25-23(24-2)26-16-18(19-9-8-12-31-19)27-10-6-7-11-27;/h8-9,12-14,18H,5-7,10-11,15-16H2,1-4H3,(H2,24,25,26);1H. The van der Waals surface area contributed by atoms with Gasteiger partial charge >= 0.3 is 0 Å². The summed E-state index contributed by atoms with van der Waals surface area (Å²) in [6.45, 7) is 5.92. The van der Waals surface area contributed by atoms with Crippen LogP contribution < -0.4 is 24.8 Å². The molecule has 32 heavy (non-hydrogen) atoms. The summed E-state index contributed by atoms with van der Waals surface area (Å²) in [6, 6.07) is 8.06. The Morgan fingerprint density at radius 3 is 2.38 bits per heavy atom. The minimum atomic E-state index is 0. The van der Waals surface area contributed by atoms with Crippen molar-refractivity contribution in [3.63, 3.8) is 0 Å². The number of likely N-dealkylation sites (tertiary alicyclic amines) is 1. The smallest absolute Gasteiger partial charge is 0.203 e. The fourth-order valence-corrected chi connectivity index (χ4v) is 3.87. The summed E-state index contributed by atoms with van der Waals surface area (Å²) in [6.07, 6.45) is 4.19. The fraction of sp³-hybridized carbons (Fsp3) is 0.522. The van der Waals surface area contributed by atoms with E-state index in [1.54, 1.807) is 27.5 Å². The zero-order valence-electron chi connectivity index (χ0n) is 19.3. The van der Waals surface area contributed by atoms with E-state index in [1.807, 2.05) is 31.2 Å². The van der Waals surface area contributed by atoms with E-state index in [2.05, 4.69) is 20.5 Å². The Morgan fingerprint density at radius 2 is 1.84 bits per heavy atom. The van der Waals surface area contributed by atoms with Crippen molar-refractivity contribution in [2.75, 3.05) is 47.5 Å². The molecule has 1 saturated heterocycles. The summed E-state index contributed by atoms with van der Waals surface area (Å²) in [7, 11) is 5.02. The number of hydrogen-bond donors (Lipinski definition) is 2. The second-order valence-corrected chi connectivity index (χ2v) is 7.34. The average Bonchev–Trinajstić information content (AvgIpc) is 3.51. The summed E-state index contributed by atoms with van der Waals surface area (Å²) >= 11 is 0. The molecule has 1 aromatic carbocycles. The molecule has 1 atom stereocenters. The van der Waals surface area contributed by atoms with Gasteiger partial charge in [-0.15, -0.1) is 24.0 Å². The van der Waals surface area contributed by atoms with Crippen molar-refractivity contribution in [2.45, 2.75) is 32.4 Å². The third-order valence-electron chi connectivity index (χ3n) is 5.41. The van der Waals surface area contributed by atoms with Crippen LogP contribution in [0.25, 0.3) is 0 Å². The molecule has 0 amide bonds. The van der Waals surface area contributed by atoms with Crippen LogP contribution >= 0.6 is 24.0 Å². The maximum absolute atomic E-state index is 5.70. The Labute approximate surface area is 207 Å². The lowest BCUT2D eigenvalue weighted by atomic mass is 10.1. The number of nitrogens with one attached hydrogen (secondary N) is 2. The van der Waals surface area contributed by atoms with Gasteiger partial charge in [-0.1, -0.05) is 0 Å². The van der Waals surface area contributed by atoms with Crippen molar-refractivity contribution in [2.24, 2.45) is 4.99 Å². The van der Waals surface area contributed by atoms with E-state index >= 15 is 0 Å². The van der Waals surface area contributed by atoms with Gasteiger partial charge in [-0.05, 0) is 62.7 Å². The lowest BCUT2D eigenvalue weighted by Gasteiger charge is -2.26. The molecule has 0 aliphatic carbocycles. The molecule has 1 aliphatic heterocycles. The minimum Gasteiger partial charge on any atom is -0.493 e. The van der Waals surface area contributed by atoms with Crippen LogP contribution in [0.4, 0.5) is 0 Å². The van der Waals surface area contributed by atoms with E-state index in [1.165, 1.54) is 12.8 Å². The Hall–Kier alpha value is -2.14. The molecular formula is C23H35IN4O4. The van der Waals surface area contributed by atoms with Gasteiger partial charge in [0, 0.05) is 20.1 Å². The van der Waals surface area contributed by atoms with Gasteiger partial charge in [0.1, 0.15) is 5.76 Å². The van der Waals surface area contributed by atoms with Crippen molar-refractivity contribution < 1.29 is 18.6 Å². The molecule has 2 heterocycles. The summed E-state index contributed by atoms with van der Waals surface area (Å²) in [4.78, 5) is 6.83. The molecule has 178 valence electrons. The predicted molar refractivity (Wildman–Crippen MR) is 137 cm³/mol. The van der Waals surface area contributed by atoms with Crippen molar-refractivity contribution in [3.8, 4) is 17.2 Å². The number of halogens is 1. The van der Waals surface area contributed by atoms with Crippen molar-refractivity contribution in [3.05, 3.63) is 41.9 Å². The first-order valence-electron chi connectivity index (χ1n) is 10.8. The molecule has 1 unspecified atom stereocenters. The Kier molecular flexibility index (Phi) is 10.9. The first kappa shape index (κ1) is 26.1. The maximum Gasteiger partial charge on any atom is 0.203 e. The molecule has 1 aromatic heterocycles. The molecule has 0 spiro atoms. The molecule has 1 fully saturated rings. The first-order chi connectivity index (χ1) is 15.2. The second kappa shape index (κ2) is 13.4.